The second-order valence-corrected chi connectivity index (χ2v) is 3.38. The van der Waals surface area contributed by atoms with E-state index in [9.17, 15) is 4.39 Å². The number of hydrogen-bond acceptors (Lipinski definition) is 3. The highest BCUT2D eigenvalue weighted by Gasteiger charge is 2.09. The molecule has 0 amide bonds. The molecule has 0 bridgehead atoms. The van der Waals surface area contributed by atoms with Gasteiger partial charge in [0.2, 0.25) is 0 Å². The zero-order valence-electron chi connectivity index (χ0n) is 8.83. The maximum absolute atomic E-state index is 13.4. The summed E-state index contributed by atoms with van der Waals surface area (Å²) in [6, 6.07) is 4.46. The Morgan fingerprint density at radius 3 is 2.88 bits per heavy atom. The minimum atomic E-state index is -0.470. The Morgan fingerprint density at radius 2 is 2.25 bits per heavy atom. The molecule has 1 aromatic carbocycles. The van der Waals surface area contributed by atoms with E-state index in [0.29, 0.717) is 19.0 Å². The molecule has 0 atom stereocenters. The number of methoxy groups -OCH3 is 1. The predicted molar refractivity (Wildman–Crippen MR) is 64.2 cm³/mol. The largest absolute Gasteiger partial charge is 0.489 e. The molecule has 88 valence electrons. The molecule has 3 N–H and O–H groups in total. The Kier molecular flexibility index (Phi) is 4.94. The molecule has 0 heterocycles. The van der Waals surface area contributed by atoms with Gasteiger partial charge in [-0.3, -0.25) is 0 Å². The summed E-state index contributed by atoms with van der Waals surface area (Å²) in [7, 11) is 1.56. The zero-order valence-corrected chi connectivity index (χ0v) is 9.64. The first-order valence-electron chi connectivity index (χ1n) is 4.62. The van der Waals surface area contributed by atoms with E-state index < -0.39 is 5.82 Å². The number of rotatable bonds is 5. The van der Waals surface area contributed by atoms with Crippen LogP contribution in [-0.4, -0.2) is 25.4 Å². The van der Waals surface area contributed by atoms with E-state index in [0.717, 1.165) is 0 Å². The van der Waals surface area contributed by atoms with Crippen LogP contribution in [0.4, 0.5) is 10.1 Å². The predicted octanol–water partition coefficient (Wildman–Crippen LogP) is 1.51. The van der Waals surface area contributed by atoms with E-state index in [1.165, 1.54) is 6.07 Å². The average Bonchev–Trinajstić information content (AvgIpc) is 2.23. The summed E-state index contributed by atoms with van der Waals surface area (Å²) in [5.41, 5.74) is 5.44. The molecule has 0 saturated carbocycles. The summed E-state index contributed by atoms with van der Waals surface area (Å²) in [4.78, 5) is 0. The Labute approximate surface area is 98.5 Å². The summed E-state index contributed by atoms with van der Waals surface area (Å²) in [6.45, 7) is 0.745. The van der Waals surface area contributed by atoms with E-state index in [1.807, 2.05) is 0 Å². The van der Waals surface area contributed by atoms with Crippen molar-refractivity contribution in [3.05, 3.63) is 24.0 Å². The first kappa shape index (κ1) is 12.7. The fourth-order valence-electron chi connectivity index (χ4n) is 1.10. The van der Waals surface area contributed by atoms with Gasteiger partial charge in [0, 0.05) is 7.11 Å². The molecule has 6 heteroatoms. The summed E-state index contributed by atoms with van der Waals surface area (Å²) in [5, 5.41) is 2.52. The smallest absolute Gasteiger partial charge is 0.168 e. The van der Waals surface area contributed by atoms with Gasteiger partial charge in [-0.2, -0.15) is 0 Å². The molecular weight excluding hydrogens is 231 g/mol. The van der Waals surface area contributed by atoms with Crippen LogP contribution in [0.1, 0.15) is 0 Å². The van der Waals surface area contributed by atoms with Gasteiger partial charge < -0.3 is 20.5 Å². The van der Waals surface area contributed by atoms with Gasteiger partial charge in [-0.1, -0.05) is 6.07 Å². The second kappa shape index (κ2) is 6.24. The van der Waals surface area contributed by atoms with Crippen LogP contribution in [0.2, 0.25) is 0 Å². The van der Waals surface area contributed by atoms with Crippen molar-refractivity contribution >= 4 is 23.0 Å². The van der Waals surface area contributed by atoms with Crippen molar-refractivity contribution in [1.29, 1.82) is 0 Å². The van der Waals surface area contributed by atoms with Crippen LogP contribution < -0.4 is 15.8 Å². The molecule has 0 aliphatic heterocycles. The third-order valence-corrected chi connectivity index (χ3v) is 1.87. The quantitative estimate of drug-likeness (QED) is 0.607. The van der Waals surface area contributed by atoms with Crippen molar-refractivity contribution in [2.45, 2.75) is 0 Å². The minimum absolute atomic E-state index is 0.0123. The average molecular weight is 244 g/mol. The van der Waals surface area contributed by atoms with E-state index in [2.05, 4.69) is 17.5 Å². The number of halogens is 1. The topological polar surface area (TPSA) is 56.5 Å². The number of benzene rings is 1. The Hall–Kier alpha value is -1.40. The number of thiocarbonyl (C=S) groups is 1. The van der Waals surface area contributed by atoms with E-state index in [1.54, 1.807) is 19.2 Å². The van der Waals surface area contributed by atoms with E-state index in [-0.39, 0.29) is 10.8 Å². The van der Waals surface area contributed by atoms with E-state index >= 15 is 0 Å². The van der Waals surface area contributed by atoms with Crippen molar-refractivity contribution in [2.24, 2.45) is 5.73 Å². The summed E-state index contributed by atoms with van der Waals surface area (Å²) in [5.74, 6) is -0.118. The first-order valence-corrected chi connectivity index (χ1v) is 5.02. The molecule has 0 aliphatic rings. The third-order valence-electron chi connectivity index (χ3n) is 1.77. The lowest BCUT2D eigenvalue weighted by Crippen LogP contribution is -2.20. The van der Waals surface area contributed by atoms with Gasteiger partial charge in [0.05, 0.1) is 6.61 Å². The zero-order chi connectivity index (χ0) is 12.0. The summed E-state index contributed by atoms with van der Waals surface area (Å²) in [6.07, 6.45) is 0. The highest BCUT2D eigenvalue weighted by atomic mass is 32.1. The molecule has 1 rings (SSSR count). The molecule has 0 aliphatic carbocycles. The Morgan fingerprint density at radius 1 is 1.50 bits per heavy atom. The van der Waals surface area contributed by atoms with Crippen LogP contribution in [0, 0.1) is 5.82 Å². The number of anilines is 1. The van der Waals surface area contributed by atoms with Gasteiger partial charge in [0.15, 0.2) is 10.9 Å². The Bertz CT molecular complexity index is 374. The monoisotopic (exact) mass is 244 g/mol. The number of nitrogens with one attached hydrogen (secondary N) is 1. The summed E-state index contributed by atoms with van der Waals surface area (Å²) >= 11 is 4.65. The van der Waals surface area contributed by atoms with Gasteiger partial charge in [0.25, 0.3) is 0 Å². The van der Waals surface area contributed by atoms with Crippen molar-refractivity contribution < 1.29 is 13.9 Å². The van der Waals surface area contributed by atoms with Crippen molar-refractivity contribution in [3.63, 3.8) is 0 Å². The molecule has 0 unspecified atom stereocenters. The highest BCUT2D eigenvalue weighted by Crippen LogP contribution is 2.27. The molecule has 4 nitrogen and oxygen atoms in total. The second-order valence-electron chi connectivity index (χ2n) is 2.94. The lowest BCUT2D eigenvalue weighted by Gasteiger charge is -2.12. The van der Waals surface area contributed by atoms with Crippen molar-refractivity contribution in [1.82, 2.24) is 0 Å². The third kappa shape index (κ3) is 3.63. The lowest BCUT2D eigenvalue weighted by molar-refractivity contribution is 0.146. The fraction of sp³-hybridized carbons (Fsp3) is 0.300. The van der Waals surface area contributed by atoms with Gasteiger partial charge in [-0.15, -0.1) is 0 Å². The van der Waals surface area contributed by atoms with Gasteiger partial charge in [0.1, 0.15) is 18.0 Å². The Balaban J connectivity index is 2.80. The van der Waals surface area contributed by atoms with Gasteiger partial charge >= 0.3 is 0 Å². The lowest BCUT2D eigenvalue weighted by atomic mass is 10.3. The van der Waals surface area contributed by atoms with Gasteiger partial charge in [-0.25, -0.2) is 4.39 Å². The van der Waals surface area contributed by atoms with Crippen LogP contribution >= 0.6 is 12.2 Å². The van der Waals surface area contributed by atoms with Crippen LogP contribution in [0.25, 0.3) is 0 Å². The molecular formula is C10H13FN2O2S. The molecule has 0 radical (unpaired) electrons. The number of nitrogens with two attached hydrogens (primary N) is 1. The number of hydrogen-bond donors (Lipinski definition) is 2. The van der Waals surface area contributed by atoms with Crippen LogP contribution in [-0.2, 0) is 4.74 Å². The first-order chi connectivity index (χ1) is 7.65. The summed E-state index contributed by atoms with van der Waals surface area (Å²) < 4.78 is 23.6. The maximum atomic E-state index is 13.4. The fourth-order valence-corrected chi connectivity index (χ4v) is 1.21. The molecule has 1 aromatic rings. The molecule has 0 saturated heterocycles. The molecule has 0 fully saturated rings. The molecule has 16 heavy (non-hydrogen) atoms. The number of para-hydroxylation sites is 1. The minimum Gasteiger partial charge on any atom is -0.489 e. The SMILES string of the molecule is COCCOc1cccc(F)c1NC(N)=S. The van der Waals surface area contributed by atoms with Crippen LogP contribution in [0.3, 0.4) is 0 Å². The molecule has 0 aromatic heterocycles. The van der Waals surface area contributed by atoms with E-state index in [4.69, 9.17) is 15.2 Å². The standard InChI is InChI=1S/C10H13FN2O2S/c1-14-5-6-15-8-4-2-3-7(11)9(8)13-10(12)16/h2-4H,5-6H2,1H3,(H3,12,13,16). The van der Waals surface area contributed by atoms with Crippen LogP contribution in [0.5, 0.6) is 5.75 Å². The van der Waals surface area contributed by atoms with Gasteiger partial charge in [-0.05, 0) is 24.4 Å². The highest BCUT2D eigenvalue weighted by molar-refractivity contribution is 7.80. The maximum Gasteiger partial charge on any atom is 0.168 e. The van der Waals surface area contributed by atoms with Crippen molar-refractivity contribution in [2.75, 3.05) is 25.6 Å². The van der Waals surface area contributed by atoms with Crippen LogP contribution in [0.15, 0.2) is 18.2 Å². The normalized spacial score (nSPS) is 9.88. The number of ether oxygens (including phenoxy) is 2. The van der Waals surface area contributed by atoms with Crippen molar-refractivity contribution in [3.8, 4) is 5.75 Å². The molecule has 0 spiro atoms.